The highest BCUT2D eigenvalue weighted by molar-refractivity contribution is 4.60. The molecule has 0 heteroatoms. The molecular weight excluding hydrogens is 120 g/mol. The van der Waals surface area contributed by atoms with Gasteiger partial charge in [0.1, 0.15) is 0 Å². The van der Waals surface area contributed by atoms with Gasteiger partial charge in [-0.05, 0) is 5.92 Å². The molecule has 0 atom stereocenters. The van der Waals surface area contributed by atoms with Gasteiger partial charge in [-0.3, -0.25) is 0 Å². The van der Waals surface area contributed by atoms with Crippen LogP contribution in [0.2, 0.25) is 0 Å². The minimum Gasteiger partial charge on any atom is -0.106 e. The lowest BCUT2D eigenvalue weighted by Crippen LogP contribution is -1.78. The van der Waals surface area contributed by atoms with Gasteiger partial charge in [-0.2, -0.15) is 0 Å². The lowest BCUT2D eigenvalue weighted by molar-refractivity contribution is 0.612. The van der Waals surface area contributed by atoms with E-state index >= 15 is 0 Å². The van der Waals surface area contributed by atoms with Gasteiger partial charge < -0.3 is 0 Å². The third-order valence-electron chi connectivity index (χ3n) is 1.64. The van der Waals surface area contributed by atoms with Crippen LogP contribution in [0.3, 0.4) is 0 Å². The predicted octanol–water partition coefficient (Wildman–Crippen LogP) is 4.02. The summed E-state index contributed by atoms with van der Waals surface area (Å²) >= 11 is 0. The van der Waals surface area contributed by atoms with E-state index in [1.54, 1.807) is 0 Å². The van der Waals surface area contributed by atoms with Crippen LogP contribution < -0.4 is 0 Å². The van der Waals surface area contributed by atoms with Gasteiger partial charge >= 0.3 is 0 Å². The van der Waals surface area contributed by atoms with Crippen LogP contribution in [0.1, 0.15) is 46.5 Å². The molecule has 0 amide bonds. The second kappa shape index (κ2) is 11.5. The molecule has 1 saturated carbocycles. The summed E-state index contributed by atoms with van der Waals surface area (Å²) in [5.41, 5.74) is 0. The van der Waals surface area contributed by atoms with Crippen molar-refractivity contribution in [2.24, 2.45) is 5.92 Å². The summed E-state index contributed by atoms with van der Waals surface area (Å²) in [6.45, 7) is 12.3. The van der Waals surface area contributed by atoms with E-state index in [-0.39, 0.29) is 0 Å². The van der Waals surface area contributed by atoms with Crippen LogP contribution in [0.5, 0.6) is 0 Å². The van der Waals surface area contributed by atoms with Crippen LogP contribution in [0, 0.1) is 5.92 Å². The Bertz CT molecular complexity index is 42.0. The number of hydrogen-bond donors (Lipinski definition) is 0. The standard InChI is InChI=1S/C6H12.C2H6.C2H4/c1-6-4-2-3-5-6;2*1-2/h6H,2-5H2,1H3;1-2H3;1-2H2. The molecule has 0 N–H and O–H groups in total. The van der Waals surface area contributed by atoms with Gasteiger partial charge in [0.15, 0.2) is 0 Å². The molecular formula is C10H22. The molecule has 0 radical (unpaired) electrons. The molecule has 1 rings (SSSR count). The molecule has 0 unspecified atom stereocenters. The average molecular weight is 142 g/mol. The van der Waals surface area contributed by atoms with Crippen molar-refractivity contribution in [3.05, 3.63) is 13.2 Å². The maximum Gasteiger partial charge on any atom is -0.0443 e. The maximum absolute atomic E-state index is 3.00. The van der Waals surface area contributed by atoms with Crippen LogP contribution in [0.25, 0.3) is 0 Å². The van der Waals surface area contributed by atoms with Crippen molar-refractivity contribution in [1.82, 2.24) is 0 Å². The Labute approximate surface area is 66.3 Å². The molecule has 62 valence electrons. The first kappa shape index (κ1) is 12.4. The highest BCUT2D eigenvalue weighted by atomic mass is 14.1. The minimum atomic E-state index is 1.05. The van der Waals surface area contributed by atoms with E-state index in [4.69, 9.17) is 0 Å². The normalized spacial score (nSPS) is 16.3. The summed E-state index contributed by atoms with van der Waals surface area (Å²) in [4.78, 5) is 0. The highest BCUT2D eigenvalue weighted by Crippen LogP contribution is 2.22. The zero-order valence-electron chi connectivity index (χ0n) is 7.82. The third-order valence-corrected chi connectivity index (χ3v) is 1.64. The first-order valence-corrected chi connectivity index (χ1v) is 4.39. The number of rotatable bonds is 0. The Morgan fingerprint density at radius 2 is 1.30 bits per heavy atom. The van der Waals surface area contributed by atoms with Gasteiger partial charge in [0.25, 0.3) is 0 Å². The fourth-order valence-corrected chi connectivity index (χ4v) is 1.13. The van der Waals surface area contributed by atoms with Crippen molar-refractivity contribution in [3.63, 3.8) is 0 Å². The van der Waals surface area contributed by atoms with Gasteiger partial charge in [0, 0.05) is 0 Å². The molecule has 0 aliphatic heterocycles. The van der Waals surface area contributed by atoms with Crippen molar-refractivity contribution in [2.45, 2.75) is 46.5 Å². The van der Waals surface area contributed by atoms with Gasteiger partial charge in [0.05, 0.1) is 0 Å². The van der Waals surface area contributed by atoms with Crippen molar-refractivity contribution in [3.8, 4) is 0 Å². The summed E-state index contributed by atoms with van der Waals surface area (Å²) in [7, 11) is 0. The predicted molar refractivity (Wildman–Crippen MR) is 50.2 cm³/mol. The molecule has 10 heavy (non-hydrogen) atoms. The first-order valence-electron chi connectivity index (χ1n) is 4.39. The lowest BCUT2D eigenvalue weighted by Gasteiger charge is -1.91. The fourth-order valence-electron chi connectivity index (χ4n) is 1.13. The van der Waals surface area contributed by atoms with Gasteiger partial charge in [0.2, 0.25) is 0 Å². The Morgan fingerprint density at radius 3 is 1.40 bits per heavy atom. The monoisotopic (exact) mass is 142 g/mol. The zero-order valence-corrected chi connectivity index (χ0v) is 7.82. The topological polar surface area (TPSA) is 0 Å². The second-order valence-electron chi connectivity index (χ2n) is 2.39. The summed E-state index contributed by atoms with van der Waals surface area (Å²) in [5.74, 6) is 1.05. The van der Waals surface area contributed by atoms with Gasteiger partial charge in [-0.25, -0.2) is 0 Å². The lowest BCUT2D eigenvalue weighted by atomic mass is 10.2. The molecule has 0 spiro atoms. The van der Waals surface area contributed by atoms with Crippen molar-refractivity contribution < 1.29 is 0 Å². The van der Waals surface area contributed by atoms with E-state index in [1.165, 1.54) is 25.7 Å². The Hall–Kier alpha value is -0.260. The Balaban J connectivity index is 0. The largest absolute Gasteiger partial charge is 0.106 e. The van der Waals surface area contributed by atoms with Crippen LogP contribution in [-0.4, -0.2) is 0 Å². The molecule has 0 nitrogen and oxygen atoms in total. The van der Waals surface area contributed by atoms with E-state index in [9.17, 15) is 0 Å². The number of hydrogen-bond acceptors (Lipinski definition) is 0. The molecule has 1 aliphatic rings. The summed E-state index contributed by atoms with van der Waals surface area (Å²) < 4.78 is 0. The molecule has 0 aromatic carbocycles. The van der Waals surface area contributed by atoms with Crippen LogP contribution >= 0.6 is 0 Å². The van der Waals surface area contributed by atoms with E-state index < -0.39 is 0 Å². The Morgan fingerprint density at radius 1 is 1.00 bits per heavy atom. The molecule has 0 aromatic heterocycles. The minimum absolute atomic E-state index is 1.05. The SMILES string of the molecule is C=C.CC.CC1CCCC1. The van der Waals surface area contributed by atoms with Crippen LogP contribution in [0.15, 0.2) is 13.2 Å². The van der Waals surface area contributed by atoms with Crippen molar-refractivity contribution >= 4 is 0 Å². The third kappa shape index (κ3) is 7.74. The first-order chi connectivity index (χ1) is 4.89. The zero-order chi connectivity index (χ0) is 8.41. The molecule has 1 fully saturated rings. The van der Waals surface area contributed by atoms with E-state index in [2.05, 4.69) is 20.1 Å². The molecule has 0 bridgehead atoms. The molecule has 0 aromatic rings. The maximum atomic E-state index is 3.00. The molecule has 0 heterocycles. The van der Waals surface area contributed by atoms with Crippen molar-refractivity contribution in [1.29, 1.82) is 0 Å². The van der Waals surface area contributed by atoms with Crippen LogP contribution in [-0.2, 0) is 0 Å². The van der Waals surface area contributed by atoms with E-state index in [0.29, 0.717) is 0 Å². The summed E-state index contributed by atoms with van der Waals surface area (Å²) in [6, 6.07) is 0. The average Bonchev–Trinajstić information content (AvgIpc) is 2.48. The smallest absolute Gasteiger partial charge is 0.0443 e. The van der Waals surface area contributed by atoms with Crippen molar-refractivity contribution in [2.75, 3.05) is 0 Å². The highest BCUT2D eigenvalue weighted by Gasteiger charge is 2.07. The van der Waals surface area contributed by atoms with Crippen LogP contribution in [0.4, 0.5) is 0 Å². The Kier molecular flexibility index (Phi) is 14.3. The summed E-state index contributed by atoms with van der Waals surface area (Å²) in [5, 5.41) is 0. The van der Waals surface area contributed by atoms with E-state index in [1.807, 2.05) is 13.8 Å². The molecule has 1 aliphatic carbocycles. The van der Waals surface area contributed by atoms with Gasteiger partial charge in [-0.15, -0.1) is 13.2 Å². The summed E-state index contributed by atoms with van der Waals surface area (Å²) in [6.07, 6.45) is 5.95. The molecule has 0 saturated heterocycles. The van der Waals surface area contributed by atoms with Gasteiger partial charge in [-0.1, -0.05) is 46.5 Å². The van der Waals surface area contributed by atoms with E-state index in [0.717, 1.165) is 5.92 Å². The second-order valence-corrected chi connectivity index (χ2v) is 2.39. The quantitative estimate of drug-likeness (QED) is 0.448. The fraction of sp³-hybridized carbons (Fsp3) is 0.800.